The lowest BCUT2D eigenvalue weighted by molar-refractivity contribution is 0.112. The van der Waals surface area contributed by atoms with Crippen LogP contribution in [0.4, 0.5) is 0 Å². The lowest BCUT2D eigenvalue weighted by Crippen LogP contribution is -1.77. The number of aromatic amines is 1. The Labute approximate surface area is 75.2 Å². The lowest BCUT2D eigenvalue weighted by atomic mass is 10.2. The van der Waals surface area contributed by atoms with E-state index in [0.717, 1.165) is 24.3 Å². The maximum Gasteiger partial charge on any atom is 0.150 e. The minimum absolute atomic E-state index is 0.668. The van der Waals surface area contributed by atoms with Crippen LogP contribution in [0.25, 0.3) is 10.9 Å². The van der Waals surface area contributed by atoms with Crippen LogP contribution >= 0.6 is 0 Å². The zero-order valence-electron chi connectivity index (χ0n) is 7.19. The van der Waals surface area contributed by atoms with E-state index in [-0.39, 0.29) is 0 Å². The highest BCUT2D eigenvalue weighted by atomic mass is 16.2. The van der Waals surface area contributed by atoms with Crippen LogP contribution in [0.2, 0.25) is 0 Å². The molecule has 1 aromatic heterocycles. The molecule has 0 aliphatic rings. The van der Waals surface area contributed by atoms with Crippen LogP contribution in [0.1, 0.15) is 10.4 Å². The first-order valence-electron chi connectivity index (χ1n) is 3.73. The van der Waals surface area contributed by atoms with Crippen molar-refractivity contribution in [3.05, 3.63) is 30.0 Å². The molecule has 0 saturated carbocycles. The third kappa shape index (κ3) is 1.91. The van der Waals surface area contributed by atoms with E-state index in [2.05, 4.69) is 10.2 Å². The van der Waals surface area contributed by atoms with Gasteiger partial charge >= 0.3 is 0 Å². The first-order chi connectivity index (χ1) is 6.40. The Morgan fingerprint density at radius 3 is 2.92 bits per heavy atom. The number of benzene rings is 1. The molecule has 0 bridgehead atoms. The number of nitrogens with one attached hydrogen (secondary N) is 1. The van der Waals surface area contributed by atoms with Gasteiger partial charge in [0.25, 0.3) is 0 Å². The van der Waals surface area contributed by atoms with Crippen LogP contribution in [0, 0.1) is 0 Å². The number of carbonyl (C=O) groups excluding carboxylic acids is 1. The second-order valence-electron chi connectivity index (χ2n) is 2.33. The number of aliphatic hydroxyl groups is 1. The smallest absolute Gasteiger partial charge is 0.150 e. The normalized spacial score (nSPS) is 9.08. The highest BCUT2D eigenvalue weighted by Crippen LogP contribution is 2.10. The van der Waals surface area contributed by atoms with Crippen molar-refractivity contribution in [1.29, 1.82) is 0 Å². The summed E-state index contributed by atoms with van der Waals surface area (Å²) in [5, 5.41) is 14.6. The number of fused-ring (bicyclic) bond motifs is 1. The van der Waals surface area contributed by atoms with Gasteiger partial charge in [0, 0.05) is 18.1 Å². The van der Waals surface area contributed by atoms with Crippen molar-refractivity contribution in [2.45, 2.75) is 0 Å². The Morgan fingerprint density at radius 2 is 2.23 bits per heavy atom. The molecule has 0 amide bonds. The predicted octanol–water partition coefficient (Wildman–Crippen LogP) is 0.984. The van der Waals surface area contributed by atoms with E-state index in [4.69, 9.17) is 5.11 Å². The Balaban J connectivity index is 0.000000396. The van der Waals surface area contributed by atoms with Gasteiger partial charge in [-0.25, -0.2) is 0 Å². The molecule has 0 aliphatic carbocycles. The molecule has 0 radical (unpaired) electrons. The summed E-state index contributed by atoms with van der Waals surface area (Å²) >= 11 is 0. The Bertz CT molecular complexity index is 395. The van der Waals surface area contributed by atoms with Crippen LogP contribution in [0.5, 0.6) is 0 Å². The van der Waals surface area contributed by atoms with Crippen molar-refractivity contribution in [3.63, 3.8) is 0 Å². The second-order valence-corrected chi connectivity index (χ2v) is 2.33. The van der Waals surface area contributed by atoms with Crippen molar-refractivity contribution in [3.8, 4) is 0 Å². The molecule has 2 rings (SSSR count). The minimum atomic E-state index is 0.668. The molecule has 0 spiro atoms. The zero-order chi connectivity index (χ0) is 9.68. The fourth-order valence-electron chi connectivity index (χ4n) is 1.03. The number of hydrogen-bond acceptors (Lipinski definition) is 3. The number of hydrogen-bond donors (Lipinski definition) is 2. The van der Waals surface area contributed by atoms with Gasteiger partial charge in [-0.1, -0.05) is 12.1 Å². The van der Waals surface area contributed by atoms with E-state index < -0.39 is 0 Å². The molecule has 13 heavy (non-hydrogen) atoms. The molecular weight excluding hydrogens is 168 g/mol. The van der Waals surface area contributed by atoms with Gasteiger partial charge in [0.1, 0.15) is 6.29 Å². The second kappa shape index (κ2) is 4.37. The third-order valence-electron chi connectivity index (χ3n) is 1.60. The number of aromatic nitrogens is 2. The standard InChI is InChI=1S/C8H6N2O.CH4O/c11-5-6-1-2-7-4-9-10-8(7)3-6;1-2/h1-5H,(H,9,10);2H,1H3. The summed E-state index contributed by atoms with van der Waals surface area (Å²) in [6, 6.07) is 5.41. The molecule has 0 aliphatic heterocycles. The number of rotatable bonds is 1. The average Bonchev–Trinajstić information content (AvgIpc) is 2.67. The molecule has 0 unspecified atom stereocenters. The van der Waals surface area contributed by atoms with E-state index in [1.807, 2.05) is 6.07 Å². The van der Waals surface area contributed by atoms with E-state index in [9.17, 15) is 4.79 Å². The molecule has 4 nitrogen and oxygen atoms in total. The fraction of sp³-hybridized carbons (Fsp3) is 0.111. The summed E-state index contributed by atoms with van der Waals surface area (Å²) in [5.74, 6) is 0. The van der Waals surface area contributed by atoms with Gasteiger partial charge in [0.15, 0.2) is 0 Å². The molecular formula is C9H10N2O2. The van der Waals surface area contributed by atoms with E-state index in [0.29, 0.717) is 5.56 Å². The topological polar surface area (TPSA) is 66.0 Å². The molecule has 4 heteroatoms. The molecule has 0 saturated heterocycles. The minimum Gasteiger partial charge on any atom is -0.400 e. The first kappa shape index (κ1) is 9.41. The van der Waals surface area contributed by atoms with Crippen LogP contribution in [-0.2, 0) is 0 Å². The third-order valence-corrected chi connectivity index (χ3v) is 1.60. The van der Waals surface area contributed by atoms with Gasteiger partial charge in [0.2, 0.25) is 0 Å². The Hall–Kier alpha value is -1.68. The van der Waals surface area contributed by atoms with Gasteiger partial charge in [-0.15, -0.1) is 0 Å². The maximum atomic E-state index is 10.3. The summed E-state index contributed by atoms with van der Waals surface area (Å²) in [6.45, 7) is 0. The lowest BCUT2D eigenvalue weighted by Gasteiger charge is -1.88. The number of aliphatic hydroxyl groups excluding tert-OH is 1. The number of H-pyrrole nitrogens is 1. The van der Waals surface area contributed by atoms with Gasteiger partial charge in [-0.2, -0.15) is 5.10 Å². The zero-order valence-corrected chi connectivity index (χ0v) is 7.19. The monoisotopic (exact) mass is 178 g/mol. The molecule has 2 aromatic rings. The molecule has 1 heterocycles. The molecule has 0 fully saturated rings. The van der Waals surface area contributed by atoms with E-state index in [1.165, 1.54) is 0 Å². The summed E-state index contributed by atoms with van der Waals surface area (Å²) in [6.07, 6.45) is 2.55. The van der Waals surface area contributed by atoms with Gasteiger partial charge in [-0.05, 0) is 6.07 Å². The van der Waals surface area contributed by atoms with Crippen molar-refractivity contribution in [1.82, 2.24) is 10.2 Å². The average molecular weight is 178 g/mol. The van der Waals surface area contributed by atoms with E-state index >= 15 is 0 Å². The Morgan fingerprint density at radius 1 is 1.46 bits per heavy atom. The van der Waals surface area contributed by atoms with Crippen molar-refractivity contribution >= 4 is 17.2 Å². The van der Waals surface area contributed by atoms with Crippen molar-refractivity contribution < 1.29 is 9.90 Å². The summed E-state index contributed by atoms with van der Waals surface area (Å²) in [7, 11) is 1.00. The van der Waals surface area contributed by atoms with Crippen LogP contribution in [-0.4, -0.2) is 28.7 Å². The highest BCUT2D eigenvalue weighted by Gasteiger charge is 1.95. The first-order valence-corrected chi connectivity index (χ1v) is 3.73. The number of carbonyl (C=O) groups is 1. The predicted molar refractivity (Wildman–Crippen MR) is 49.6 cm³/mol. The SMILES string of the molecule is CO.O=Cc1ccc2cn[nH]c2c1. The van der Waals surface area contributed by atoms with Crippen LogP contribution in [0.15, 0.2) is 24.4 Å². The molecule has 0 atom stereocenters. The van der Waals surface area contributed by atoms with Crippen LogP contribution < -0.4 is 0 Å². The summed E-state index contributed by atoms with van der Waals surface area (Å²) in [5.41, 5.74) is 1.57. The largest absolute Gasteiger partial charge is 0.400 e. The molecule has 1 aromatic carbocycles. The van der Waals surface area contributed by atoms with Gasteiger partial charge in [-0.3, -0.25) is 9.89 Å². The maximum absolute atomic E-state index is 10.3. The highest BCUT2D eigenvalue weighted by molar-refractivity contribution is 5.85. The van der Waals surface area contributed by atoms with Gasteiger partial charge < -0.3 is 5.11 Å². The van der Waals surface area contributed by atoms with Crippen LogP contribution in [0.3, 0.4) is 0 Å². The molecule has 2 N–H and O–H groups in total. The molecule has 68 valence electrons. The van der Waals surface area contributed by atoms with Gasteiger partial charge in [0.05, 0.1) is 11.7 Å². The van der Waals surface area contributed by atoms with E-state index in [1.54, 1.807) is 18.3 Å². The number of nitrogens with zero attached hydrogens (tertiary/aromatic N) is 1. The summed E-state index contributed by atoms with van der Waals surface area (Å²) in [4.78, 5) is 10.3. The van der Waals surface area contributed by atoms with Crippen molar-refractivity contribution in [2.75, 3.05) is 7.11 Å². The fourth-order valence-corrected chi connectivity index (χ4v) is 1.03. The summed E-state index contributed by atoms with van der Waals surface area (Å²) < 4.78 is 0. The quantitative estimate of drug-likeness (QED) is 0.640. The Kier molecular flexibility index (Phi) is 3.16. The number of aldehydes is 1. The van der Waals surface area contributed by atoms with Crippen molar-refractivity contribution in [2.24, 2.45) is 0 Å².